The molecule has 1 saturated carbocycles. The maximum absolute atomic E-state index is 12.8. The van der Waals surface area contributed by atoms with Crippen LogP contribution in [0.5, 0.6) is 5.75 Å². The number of aliphatic hydroxyl groups excluding tert-OH is 1. The van der Waals surface area contributed by atoms with E-state index in [-0.39, 0.29) is 24.7 Å². The number of carbonyl (C=O) groups is 1. The molecule has 1 atom stereocenters. The van der Waals surface area contributed by atoms with Gasteiger partial charge in [-0.3, -0.25) is 4.79 Å². The van der Waals surface area contributed by atoms with Crippen LogP contribution in [0.3, 0.4) is 0 Å². The Balaban J connectivity index is 1.42. The third-order valence-corrected chi connectivity index (χ3v) is 6.28. The first-order valence-corrected chi connectivity index (χ1v) is 12.3. The van der Waals surface area contributed by atoms with Gasteiger partial charge in [0.25, 0.3) is 5.91 Å². The molecule has 0 spiro atoms. The average molecular weight is 498 g/mol. The number of hydrogen-bond donors (Lipinski definition) is 3. The van der Waals surface area contributed by atoms with Crippen molar-refractivity contribution in [3.63, 3.8) is 0 Å². The van der Waals surface area contributed by atoms with Gasteiger partial charge in [0.1, 0.15) is 17.2 Å². The first-order chi connectivity index (χ1) is 16.6. The number of rotatable bonds is 10. The fourth-order valence-electron chi connectivity index (χ4n) is 4.02. The molecule has 3 aromatic rings. The average Bonchev–Trinajstić information content (AvgIpc) is 3.53. The highest BCUT2D eigenvalue weighted by molar-refractivity contribution is 6.32. The molecule has 3 N–H and O–H groups in total. The SMILES string of the molecule is Cn1cc(-c2ccc(C[C@@H](CCO)NC(=O)c3ccc(OC4CC4)c(Cl)c3)cc2)nc1C(C)(C)O. The minimum Gasteiger partial charge on any atom is -0.489 e. The van der Waals surface area contributed by atoms with Crippen LogP contribution in [-0.4, -0.2) is 44.4 Å². The van der Waals surface area contributed by atoms with Crippen molar-refractivity contribution in [3.8, 4) is 17.0 Å². The lowest BCUT2D eigenvalue weighted by atomic mass is 10.0. The van der Waals surface area contributed by atoms with Gasteiger partial charge in [-0.25, -0.2) is 4.98 Å². The van der Waals surface area contributed by atoms with Crippen molar-refractivity contribution in [2.45, 2.75) is 57.3 Å². The Morgan fingerprint density at radius 2 is 1.97 bits per heavy atom. The zero-order chi connectivity index (χ0) is 25.2. The molecule has 8 heteroatoms. The van der Waals surface area contributed by atoms with E-state index in [0.29, 0.717) is 35.0 Å². The molecule has 0 saturated heterocycles. The molecule has 0 unspecified atom stereocenters. The van der Waals surface area contributed by atoms with E-state index in [2.05, 4.69) is 10.3 Å². The number of ether oxygens (including phenoxy) is 1. The number of benzene rings is 2. The lowest BCUT2D eigenvalue weighted by Crippen LogP contribution is -2.37. The molecule has 35 heavy (non-hydrogen) atoms. The number of hydrogen-bond acceptors (Lipinski definition) is 5. The van der Waals surface area contributed by atoms with Crippen molar-refractivity contribution < 1.29 is 19.7 Å². The number of nitrogens with zero attached hydrogens (tertiary/aromatic N) is 2. The summed E-state index contributed by atoms with van der Waals surface area (Å²) in [5.74, 6) is 0.947. The molecule has 0 bridgehead atoms. The smallest absolute Gasteiger partial charge is 0.251 e. The molecule has 1 fully saturated rings. The Labute approximate surface area is 210 Å². The van der Waals surface area contributed by atoms with Gasteiger partial charge in [-0.15, -0.1) is 0 Å². The first-order valence-electron chi connectivity index (χ1n) is 11.9. The number of aromatic nitrogens is 2. The number of carbonyl (C=O) groups excluding carboxylic acids is 1. The molecule has 1 aliphatic carbocycles. The lowest BCUT2D eigenvalue weighted by molar-refractivity contribution is 0.0659. The lowest BCUT2D eigenvalue weighted by Gasteiger charge is -2.18. The van der Waals surface area contributed by atoms with E-state index in [1.807, 2.05) is 42.1 Å². The normalized spacial score (nSPS) is 14.6. The zero-order valence-electron chi connectivity index (χ0n) is 20.3. The Morgan fingerprint density at radius 1 is 1.26 bits per heavy atom. The molecule has 1 aromatic heterocycles. The summed E-state index contributed by atoms with van der Waals surface area (Å²) in [6.45, 7) is 3.38. The summed E-state index contributed by atoms with van der Waals surface area (Å²) < 4.78 is 7.57. The molecule has 4 rings (SSSR count). The summed E-state index contributed by atoms with van der Waals surface area (Å²) in [6, 6.07) is 12.7. The third kappa shape index (κ3) is 6.42. The maximum Gasteiger partial charge on any atom is 0.251 e. The molecule has 0 radical (unpaired) electrons. The second-order valence-corrected chi connectivity index (χ2v) is 10.1. The van der Waals surface area contributed by atoms with Crippen LogP contribution in [0.4, 0.5) is 0 Å². The topological polar surface area (TPSA) is 96.6 Å². The molecule has 2 aromatic carbocycles. The number of aryl methyl sites for hydroxylation is 1. The van der Waals surface area contributed by atoms with Crippen molar-refractivity contribution >= 4 is 17.5 Å². The van der Waals surface area contributed by atoms with Crippen LogP contribution >= 0.6 is 11.6 Å². The van der Waals surface area contributed by atoms with Gasteiger partial charge >= 0.3 is 0 Å². The van der Waals surface area contributed by atoms with Gasteiger partial charge in [0.2, 0.25) is 0 Å². The van der Waals surface area contributed by atoms with Crippen LogP contribution in [0.15, 0.2) is 48.7 Å². The molecular formula is C27H32ClN3O4. The Kier molecular flexibility index (Phi) is 7.50. The molecule has 1 heterocycles. The number of amides is 1. The molecule has 7 nitrogen and oxygen atoms in total. The van der Waals surface area contributed by atoms with E-state index in [1.54, 1.807) is 32.0 Å². The molecule has 1 amide bonds. The quantitative estimate of drug-likeness (QED) is 0.389. The Bertz CT molecular complexity index is 1180. The van der Waals surface area contributed by atoms with Crippen LogP contribution < -0.4 is 10.1 Å². The van der Waals surface area contributed by atoms with Crippen molar-refractivity contribution in [3.05, 3.63) is 70.6 Å². The summed E-state index contributed by atoms with van der Waals surface area (Å²) >= 11 is 6.31. The zero-order valence-corrected chi connectivity index (χ0v) is 21.0. The van der Waals surface area contributed by atoms with Crippen molar-refractivity contribution in [1.29, 1.82) is 0 Å². The summed E-state index contributed by atoms with van der Waals surface area (Å²) in [5, 5.41) is 23.3. The number of aliphatic hydroxyl groups is 2. The Hall–Kier alpha value is -2.87. The van der Waals surface area contributed by atoms with E-state index >= 15 is 0 Å². The highest BCUT2D eigenvalue weighted by Crippen LogP contribution is 2.32. The summed E-state index contributed by atoms with van der Waals surface area (Å²) in [6.07, 6.45) is 5.19. The summed E-state index contributed by atoms with van der Waals surface area (Å²) in [4.78, 5) is 17.4. The van der Waals surface area contributed by atoms with Crippen LogP contribution in [0.2, 0.25) is 5.02 Å². The Morgan fingerprint density at radius 3 is 2.54 bits per heavy atom. The minimum atomic E-state index is -1.03. The van der Waals surface area contributed by atoms with Crippen molar-refractivity contribution in [2.24, 2.45) is 7.05 Å². The van der Waals surface area contributed by atoms with E-state index < -0.39 is 5.60 Å². The minimum absolute atomic E-state index is 0.0361. The highest BCUT2D eigenvalue weighted by Gasteiger charge is 2.25. The summed E-state index contributed by atoms with van der Waals surface area (Å²) in [7, 11) is 1.86. The van der Waals surface area contributed by atoms with Gasteiger partial charge in [0.15, 0.2) is 0 Å². The first kappa shape index (κ1) is 25.2. The third-order valence-electron chi connectivity index (χ3n) is 5.98. The second-order valence-electron chi connectivity index (χ2n) is 9.67. The van der Waals surface area contributed by atoms with Gasteiger partial charge in [0, 0.05) is 37.0 Å². The van der Waals surface area contributed by atoms with Crippen molar-refractivity contribution in [1.82, 2.24) is 14.9 Å². The fourth-order valence-corrected chi connectivity index (χ4v) is 4.25. The second kappa shape index (κ2) is 10.4. The monoisotopic (exact) mass is 497 g/mol. The van der Waals surface area contributed by atoms with Gasteiger partial charge in [-0.1, -0.05) is 35.9 Å². The molecule has 186 valence electrons. The fraction of sp³-hybridized carbons (Fsp3) is 0.407. The van der Waals surface area contributed by atoms with E-state index in [1.165, 1.54) is 0 Å². The van der Waals surface area contributed by atoms with Gasteiger partial charge < -0.3 is 24.8 Å². The van der Waals surface area contributed by atoms with Crippen LogP contribution in [0, 0.1) is 0 Å². The molecule has 0 aliphatic heterocycles. The van der Waals surface area contributed by atoms with E-state index in [4.69, 9.17) is 16.3 Å². The predicted molar refractivity (Wildman–Crippen MR) is 136 cm³/mol. The van der Waals surface area contributed by atoms with Gasteiger partial charge in [0.05, 0.1) is 16.8 Å². The van der Waals surface area contributed by atoms with E-state index in [9.17, 15) is 15.0 Å². The predicted octanol–water partition coefficient (Wildman–Crippen LogP) is 4.23. The van der Waals surface area contributed by atoms with Gasteiger partial charge in [-0.05, 0) is 63.3 Å². The van der Waals surface area contributed by atoms with Crippen LogP contribution in [0.1, 0.15) is 54.9 Å². The maximum atomic E-state index is 12.8. The van der Waals surface area contributed by atoms with E-state index in [0.717, 1.165) is 29.7 Å². The number of imidazole rings is 1. The number of nitrogens with one attached hydrogen (secondary N) is 1. The standard InChI is InChI=1S/C27H32ClN3O4/c1-27(2,34)26-30-23(16-31(26)3)18-6-4-17(5-7-18)14-20(12-13-32)29-25(33)19-8-11-24(22(28)15-19)35-21-9-10-21/h4-8,11,15-16,20-21,32,34H,9-10,12-14H2,1-3H3,(H,29,33)/t20-/m1/s1. The van der Waals surface area contributed by atoms with Crippen molar-refractivity contribution in [2.75, 3.05) is 6.61 Å². The highest BCUT2D eigenvalue weighted by atomic mass is 35.5. The molecule has 1 aliphatic rings. The van der Waals surface area contributed by atoms with Crippen LogP contribution in [-0.2, 0) is 19.1 Å². The van der Waals surface area contributed by atoms with Crippen LogP contribution in [0.25, 0.3) is 11.3 Å². The summed E-state index contributed by atoms with van der Waals surface area (Å²) in [5.41, 5.74) is 2.16. The molecular weight excluding hydrogens is 466 g/mol. The number of halogens is 1. The largest absolute Gasteiger partial charge is 0.489 e. The van der Waals surface area contributed by atoms with Gasteiger partial charge in [-0.2, -0.15) is 0 Å².